The zero-order valence-electron chi connectivity index (χ0n) is 13.6. The largest absolute Gasteiger partial charge is 0.454 e. The summed E-state index contributed by atoms with van der Waals surface area (Å²) in [6.07, 6.45) is 0. The first kappa shape index (κ1) is 14.6. The van der Waals surface area contributed by atoms with Gasteiger partial charge in [0.1, 0.15) is 0 Å². The fourth-order valence-electron chi connectivity index (χ4n) is 3.15. The van der Waals surface area contributed by atoms with E-state index in [2.05, 4.69) is 51.9 Å². The second-order valence-corrected chi connectivity index (χ2v) is 6.94. The number of para-hydroxylation sites is 1. The molecule has 0 aliphatic carbocycles. The SMILES string of the molecule is Cc1cc2nnc(SCc3ccc4c(c3)OCO4)n2c2ccccc12. The highest BCUT2D eigenvalue weighted by atomic mass is 32.2. The van der Waals surface area contributed by atoms with Crippen molar-refractivity contribution in [1.82, 2.24) is 14.6 Å². The van der Waals surface area contributed by atoms with Crippen LogP contribution in [0.2, 0.25) is 0 Å². The predicted molar refractivity (Wildman–Crippen MR) is 97.4 cm³/mol. The molecule has 1 aliphatic heterocycles. The Morgan fingerprint density at radius 2 is 1.92 bits per heavy atom. The molecule has 0 spiro atoms. The van der Waals surface area contributed by atoms with Crippen molar-refractivity contribution in [3.8, 4) is 11.5 Å². The summed E-state index contributed by atoms with van der Waals surface area (Å²) in [6.45, 7) is 2.41. The van der Waals surface area contributed by atoms with E-state index >= 15 is 0 Å². The van der Waals surface area contributed by atoms with Gasteiger partial charge in [0, 0.05) is 11.1 Å². The standard InChI is InChI=1S/C19H15N3O2S/c1-12-8-18-20-21-19(22(18)15-5-3-2-4-14(12)15)25-10-13-6-7-16-17(9-13)24-11-23-16/h2-9H,10-11H2,1H3. The molecule has 2 aromatic carbocycles. The molecule has 3 heterocycles. The van der Waals surface area contributed by atoms with Crippen LogP contribution in [0.5, 0.6) is 11.5 Å². The minimum absolute atomic E-state index is 0.298. The lowest BCUT2D eigenvalue weighted by Crippen LogP contribution is -1.93. The molecule has 5 nitrogen and oxygen atoms in total. The van der Waals surface area contributed by atoms with Crippen molar-refractivity contribution < 1.29 is 9.47 Å². The molecule has 0 saturated carbocycles. The predicted octanol–water partition coefficient (Wildman–Crippen LogP) is 4.21. The smallest absolute Gasteiger partial charge is 0.231 e. The lowest BCUT2D eigenvalue weighted by molar-refractivity contribution is 0.174. The van der Waals surface area contributed by atoms with Gasteiger partial charge in [-0.1, -0.05) is 36.0 Å². The average Bonchev–Trinajstić information content (AvgIpc) is 3.26. The van der Waals surface area contributed by atoms with Crippen LogP contribution in [0.25, 0.3) is 16.6 Å². The molecule has 2 aromatic heterocycles. The Morgan fingerprint density at radius 1 is 1.04 bits per heavy atom. The monoisotopic (exact) mass is 349 g/mol. The minimum atomic E-state index is 0.298. The number of benzene rings is 2. The Hall–Kier alpha value is -2.73. The molecule has 0 saturated heterocycles. The molecule has 6 heteroatoms. The number of aryl methyl sites for hydroxylation is 1. The van der Waals surface area contributed by atoms with Gasteiger partial charge in [-0.05, 0) is 42.3 Å². The molecule has 1 aliphatic rings. The molecule has 124 valence electrons. The summed E-state index contributed by atoms with van der Waals surface area (Å²) in [5.41, 5.74) is 4.39. The molecule has 4 aromatic rings. The van der Waals surface area contributed by atoms with Gasteiger partial charge in [-0.25, -0.2) is 0 Å². The van der Waals surface area contributed by atoms with Gasteiger partial charge in [-0.3, -0.25) is 4.40 Å². The van der Waals surface area contributed by atoms with Gasteiger partial charge in [0.05, 0.1) is 5.52 Å². The van der Waals surface area contributed by atoms with E-state index in [9.17, 15) is 0 Å². The van der Waals surface area contributed by atoms with Gasteiger partial charge in [-0.15, -0.1) is 10.2 Å². The summed E-state index contributed by atoms with van der Waals surface area (Å²) in [5.74, 6) is 2.41. The van der Waals surface area contributed by atoms with Gasteiger partial charge in [0.15, 0.2) is 22.3 Å². The maximum absolute atomic E-state index is 5.45. The van der Waals surface area contributed by atoms with Gasteiger partial charge in [0.2, 0.25) is 6.79 Å². The summed E-state index contributed by atoms with van der Waals surface area (Å²) in [4.78, 5) is 0. The van der Waals surface area contributed by atoms with Crippen LogP contribution in [0.15, 0.2) is 53.7 Å². The van der Waals surface area contributed by atoms with Gasteiger partial charge in [0.25, 0.3) is 0 Å². The maximum Gasteiger partial charge on any atom is 0.231 e. The number of fused-ring (bicyclic) bond motifs is 4. The normalized spacial score (nSPS) is 13.0. The second kappa shape index (κ2) is 5.67. The number of aromatic nitrogens is 3. The maximum atomic E-state index is 5.45. The number of hydrogen-bond donors (Lipinski definition) is 0. The molecule has 0 N–H and O–H groups in total. The molecule has 0 amide bonds. The molecular formula is C19H15N3O2S. The van der Waals surface area contributed by atoms with Gasteiger partial charge in [-0.2, -0.15) is 0 Å². The fourth-order valence-corrected chi connectivity index (χ4v) is 4.04. The van der Waals surface area contributed by atoms with Crippen molar-refractivity contribution >= 4 is 28.3 Å². The van der Waals surface area contributed by atoms with Crippen LogP contribution in [-0.4, -0.2) is 21.4 Å². The van der Waals surface area contributed by atoms with Crippen LogP contribution in [0.3, 0.4) is 0 Å². The molecule has 0 unspecified atom stereocenters. The topological polar surface area (TPSA) is 48.7 Å². The van der Waals surface area contributed by atoms with E-state index in [4.69, 9.17) is 9.47 Å². The lowest BCUT2D eigenvalue weighted by atomic mass is 10.1. The van der Waals surface area contributed by atoms with Crippen LogP contribution < -0.4 is 9.47 Å². The highest BCUT2D eigenvalue weighted by Gasteiger charge is 2.15. The highest BCUT2D eigenvalue weighted by Crippen LogP contribution is 2.34. The van der Waals surface area contributed by atoms with Crippen LogP contribution in [0.4, 0.5) is 0 Å². The Bertz CT molecular complexity index is 1110. The quantitative estimate of drug-likeness (QED) is 0.519. The third kappa shape index (κ3) is 2.41. The van der Waals surface area contributed by atoms with Crippen molar-refractivity contribution in [2.75, 3.05) is 6.79 Å². The minimum Gasteiger partial charge on any atom is -0.454 e. The first-order valence-corrected chi connectivity index (χ1v) is 9.03. The number of nitrogens with zero attached hydrogens (tertiary/aromatic N) is 3. The first-order chi connectivity index (χ1) is 12.3. The van der Waals surface area contributed by atoms with Crippen molar-refractivity contribution in [2.45, 2.75) is 17.8 Å². The fraction of sp³-hybridized carbons (Fsp3) is 0.158. The number of ether oxygens (including phenoxy) is 2. The van der Waals surface area contributed by atoms with E-state index in [0.717, 1.165) is 33.6 Å². The number of hydrogen-bond acceptors (Lipinski definition) is 5. The number of pyridine rings is 1. The van der Waals surface area contributed by atoms with E-state index < -0.39 is 0 Å². The van der Waals surface area contributed by atoms with Gasteiger partial charge < -0.3 is 9.47 Å². The highest BCUT2D eigenvalue weighted by molar-refractivity contribution is 7.98. The van der Waals surface area contributed by atoms with Crippen LogP contribution >= 0.6 is 11.8 Å². The van der Waals surface area contributed by atoms with E-state index in [1.54, 1.807) is 11.8 Å². The summed E-state index contributed by atoms with van der Waals surface area (Å²) >= 11 is 1.67. The van der Waals surface area contributed by atoms with Crippen LogP contribution in [-0.2, 0) is 5.75 Å². The first-order valence-electron chi connectivity index (χ1n) is 8.04. The third-order valence-corrected chi connectivity index (χ3v) is 5.38. The van der Waals surface area contributed by atoms with Crippen molar-refractivity contribution in [3.05, 3.63) is 59.7 Å². The molecule has 0 radical (unpaired) electrons. The zero-order chi connectivity index (χ0) is 16.8. The van der Waals surface area contributed by atoms with Crippen molar-refractivity contribution in [2.24, 2.45) is 0 Å². The van der Waals surface area contributed by atoms with E-state index in [1.807, 2.05) is 18.2 Å². The van der Waals surface area contributed by atoms with E-state index in [-0.39, 0.29) is 0 Å². The molecule has 0 atom stereocenters. The Kier molecular flexibility index (Phi) is 3.31. The van der Waals surface area contributed by atoms with E-state index in [1.165, 1.54) is 16.5 Å². The molecule has 0 fully saturated rings. The second-order valence-electron chi connectivity index (χ2n) is 6.00. The van der Waals surface area contributed by atoms with Crippen molar-refractivity contribution in [1.29, 1.82) is 0 Å². The Labute approximate surface area is 148 Å². The molecule has 0 bridgehead atoms. The van der Waals surface area contributed by atoms with Crippen LogP contribution in [0.1, 0.15) is 11.1 Å². The summed E-state index contributed by atoms with van der Waals surface area (Å²) in [5, 5.41) is 10.9. The third-order valence-electron chi connectivity index (χ3n) is 4.38. The lowest BCUT2D eigenvalue weighted by Gasteiger charge is -2.07. The van der Waals surface area contributed by atoms with Crippen LogP contribution in [0, 0.1) is 6.92 Å². The Balaban J connectivity index is 1.52. The summed E-state index contributed by atoms with van der Waals surface area (Å²) in [6, 6.07) is 16.5. The molecular weight excluding hydrogens is 334 g/mol. The van der Waals surface area contributed by atoms with Crippen molar-refractivity contribution in [3.63, 3.8) is 0 Å². The average molecular weight is 349 g/mol. The molecule has 25 heavy (non-hydrogen) atoms. The van der Waals surface area contributed by atoms with Gasteiger partial charge >= 0.3 is 0 Å². The number of thioether (sulfide) groups is 1. The molecule has 5 rings (SSSR count). The Morgan fingerprint density at radius 3 is 2.88 bits per heavy atom. The number of rotatable bonds is 3. The summed E-state index contributed by atoms with van der Waals surface area (Å²) in [7, 11) is 0. The van der Waals surface area contributed by atoms with E-state index in [0.29, 0.717) is 6.79 Å². The summed E-state index contributed by atoms with van der Waals surface area (Å²) < 4.78 is 12.9. The zero-order valence-corrected chi connectivity index (χ0v) is 14.4.